The maximum absolute atomic E-state index is 12.7. The molecule has 0 aromatic heterocycles. The number of ketones is 1. The van der Waals surface area contributed by atoms with Crippen LogP contribution in [0, 0.1) is 0 Å². The van der Waals surface area contributed by atoms with Crippen molar-refractivity contribution in [3.63, 3.8) is 0 Å². The van der Waals surface area contributed by atoms with E-state index in [2.05, 4.69) is 40.4 Å². The molecule has 0 saturated carbocycles. The van der Waals surface area contributed by atoms with Crippen molar-refractivity contribution in [2.75, 3.05) is 20.7 Å². The molecule has 0 spiro atoms. The molecular formula is C22H37NO5Si. The molecule has 0 radical (unpaired) electrons. The third-order valence-electron chi connectivity index (χ3n) is 5.32. The van der Waals surface area contributed by atoms with E-state index in [0.29, 0.717) is 13.0 Å². The molecule has 1 rings (SSSR count). The van der Waals surface area contributed by atoms with Gasteiger partial charge in [0.15, 0.2) is 14.1 Å². The van der Waals surface area contributed by atoms with Crippen LogP contribution in [-0.4, -0.2) is 57.3 Å². The zero-order valence-electron chi connectivity index (χ0n) is 18.9. The highest BCUT2D eigenvalue weighted by atomic mass is 28.4. The third kappa shape index (κ3) is 8.40. The quantitative estimate of drug-likeness (QED) is 0.305. The second kappa shape index (κ2) is 11.0. The van der Waals surface area contributed by atoms with E-state index in [9.17, 15) is 10.0 Å². The minimum absolute atomic E-state index is 0.0374. The smallest absolute Gasteiger partial charge is 0.193 e. The van der Waals surface area contributed by atoms with E-state index in [1.807, 2.05) is 24.3 Å². The standard InChI is InChI=1S/C22H37NO5Si/c1-9-18(27-16-17-10-12-19(26-6)13-11-17)14-21(20(24)15-23(5)25)28-29(7,8)22(2,3)4/h9-13,18,21,25H,1,14-16H2,2-8H3/t18?,21-/m0/s1. The molecule has 0 bridgehead atoms. The molecule has 1 unspecified atom stereocenters. The third-order valence-corrected chi connectivity index (χ3v) is 9.81. The number of carbonyl (C=O) groups excluding carboxylic acids is 1. The molecule has 0 fully saturated rings. The maximum Gasteiger partial charge on any atom is 0.193 e. The number of likely N-dealkylation sites (N-methyl/N-ethyl adjacent to an activating group) is 1. The van der Waals surface area contributed by atoms with Gasteiger partial charge < -0.3 is 19.1 Å². The molecule has 29 heavy (non-hydrogen) atoms. The summed E-state index contributed by atoms with van der Waals surface area (Å²) in [4.78, 5) is 12.7. The molecule has 6 nitrogen and oxygen atoms in total. The summed E-state index contributed by atoms with van der Waals surface area (Å²) in [6.45, 7) is 14.8. The van der Waals surface area contributed by atoms with E-state index in [4.69, 9.17) is 13.9 Å². The first kappa shape index (κ1) is 25.5. The number of Topliss-reactive ketones (excluding diaryl/α,β-unsaturated/α-hetero) is 1. The second-order valence-corrected chi connectivity index (χ2v) is 13.6. The van der Waals surface area contributed by atoms with E-state index in [-0.39, 0.29) is 23.5 Å². The molecule has 0 aliphatic rings. The van der Waals surface area contributed by atoms with Gasteiger partial charge in [-0.3, -0.25) is 4.79 Å². The van der Waals surface area contributed by atoms with Crippen molar-refractivity contribution < 1.29 is 23.9 Å². The first-order valence-corrected chi connectivity index (χ1v) is 12.8. The van der Waals surface area contributed by atoms with Crippen LogP contribution in [0.3, 0.4) is 0 Å². The summed E-state index contributed by atoms with van der Waals surface area (Å²) < 4.78 is 17.5. The number of hydrogen-bond donors (Lipinski definition) is 1. The molecular weight excluding hydrogens is 386 g/mol. The Balaban J connectivity index is 2.86. The minimum atomic E-state index is -2.18. The summed E-state index contributed by atoms with van der Waals surface area (Å²) in [5.41, 5.74) is 1.00. The Hall–Kier alpha value is -1.51. The van der Waals surface area contributed by atoms with Crippen LogP contribution in [0.25, 0.3) is 0 Å². The van der Waals surface area contributed by atoms with Crippen molar-refractivity contribution >= 4 is 14.1 Å². The summed E-state index contributed by atoms with van der Waals surface area (Å²) >= 11 is 0. The highest BCUT2D eigenvalue weighted by Gasteiger charge is 2.41. The number of hydroxylamine groups is 2. The van der Waals surface area contributed by atoms with Gasteiger partial charge in [-0.15, -0.1) is 6.58 Å². The van der Waals surface area contributed by atoms with Crippen molar-refractivity contribution in [1.29, 1.82) is 0 Å². The Morgan fingerprint density at radius 3 is 2.31 bits per heavy atom. The van der Waals surface area contributed by atoms with Crippen molar-refractivity contribution in [1.82, 2.24) is 5.06 Å². The van der Waals surface area contributed by atoms with E-state index in [0.717, 1.165) is 16.4 Å². The number of benzene rings is 1. The predicted molar refractivity (Wildman–Crippen MR) is 118 cm³/mol. The highest BCUT2D eigenvalue weighted by Crippen LogP contribution is 2.38. The average molecular weight is 424 g/mol. The van der Waals surface area contributed by atoms with Crippen molar-refractivity contribution in [2.24, 2.45) is 0 Å². The molecule has 0 aliphatic carbocycles. The largest absolute Gasteiger partial charge is 0.497 e. The Bertz CT molecular complexity index is 652. The Kier molecular flexibility index (Phi) is 9.71. The fraction of sp³-hybridized carbons (Fsp3) is 0.591. The second-order valence-electron chi connectivity index (χ2n) is 8.82. The Labute approximate surface area is 176 Å². The summed E-state index contributed by atoms with van der Waals surface area (Å²) in [5.74, 6) is 0.621. The number of hydrogen-bond acceptors (Lipinski definition) is 6. The van der Waals surface area contributed by atoms with Gasteiger partial charge in [0.2, 0.25) is 0 Å². The van der Waals surface area contributed by atoms with Gasteiger partial charge in [-0.2, -0.15) is 5.06 Å². The number of rotatable bonds is 12. The summed E-state index contributed by atoms with van der Waals surface area (Å²) in [7, 11) is 0.895. The zero-order valence-corrected chi connectivity index (χ0v) is 19.9. The Morgan fingerprint density at radius 2 is 1.86 bits per heavy atom. The monoisotopic (exact) mass is 423 g/mol. The lowest BCUT2D eigenvalue weighted by molar-refractivity contribution is -0.139. The molecule has 1 N–H and O–H groups in total. The molecule has 164 valence electrons. The van der Waals surface area contributed by atoms with Gasteiger partial charge in [0.1, 0.15) is 11.9 Å². The molecule has 1 aromatic carbocycles. The van der Waals surface area contributed by atoms with Crippen LogP contribution in [0.15, 0.2) is 36.9 Å². The van der Waals surface area contributed by atoms with E-state index < -0.39 is 14.4 Å². The van der Waals surface area contributed by atoms with Crippen molar-refractivity contribution in [3.8, 4) is 5.75 Å². The lowest BCUT2D eigenvalue weighted by Crippen LogP contribution is -2.48. The van der Waals surface area contributed by atoms with E-state index >= 15 is 0 Å². The fourth-order valence-electron chi connectivity index (χ4n) is 2.47. The predicted octanol–water partition coefficient (Wildman–Crippen LogP) is 4.44. The number of nitrogens with zero attached hydrogens (tertiary/aromatic N) is 1. The van der Waals surface area contributed by atoms with Crippen LogP contribution < -0.4 is 4.74 Å². The molecule has 0 amide bonds. The van der Waals surface area contributed by atoms with Crippen LogP contribution in [0.1, 0.15) is 32.8 Å². The molecule has 0 heterocycles. The summed E-state index contributed by atoms with van der Waals surface area (Å²) in [5, 5.41) is 10.4. The number of carbonyl (C=O) groups is 1. The first-order chi connectivity index (χ1) is 13.4. The number of methoxy groups -OCH3 is 1. The van der Waals surface area contributed by atoms with Gasteiger partial charge in [0.05, 0.1) is 26.4 Å². The summed E-state index contributed by atoms with van der Waals surface area (Å²) in [6, 6.07) is 7.64. The highest BCUT2D eigenvalue weighted by molar-refractivity contribution is 6.74. The average Bonchev–Trinajstić information content (AvgIpc) is 2.62. The van der Waals surface area contributed by atoms with Gasteiger partial charge in [-0.05, 0) is 35.8 Å². The van der Waals surface area contributed by atoms with Crippen molar-refractivity contribution in [3.05, 3.63) is 42.5 Å². The molecule has 7 heteroatoms. The molecule has 1 aromatic rings. The SMILES string of the molecule is C=CC(C[C@H](O[Si](C)(C)C(C)(C)C)C(=O)CN(C)O)OCc1ccc(OC)cc1. The first-order valence-electron chi connectivity index (χ1n) is 9.87. The van der Waals surface area contributed by atoms with Crippen LogP contribution in [0.4, 0.5) is 0 Å². The van der Waals surface area contributed by atoms with Gasteiger partial charge in [0, 0.05) is 13.5 Å². The van der Waals surface area contributed by atoms with Gasteiger partial charge in [-0.1, -0.05) is 39.0 Å². The van der Waals surface area contributed by atoms with Gasteiger partial charge in [-0.25, -0.2) is 0 Å². The van der Waals surface area contributed by atoms with E-state index in [1.165, 1.54) is 7.05 Å². The minimum Gasteiger partial charge on any atom is -0.497 e. The van der Waals surface area contributed by atoms with E-state index in [1.54, 1.807) is 13.2 Å². The lowest BCUT2D eigenvalue weighted by atomic mass is 10.1. The zero-order chi connectivity index (χ0) is 22.2. The molecule has 0 aliphatic heterocycles. The van der Waals surface area contributed by atoms with Gasteiger partial charge >= 0.3 is 0 Å². The topological polar surface area (TPSA) is 68.2 Å². The Morgan fingerprint density at radius 1 is 1.28 bits per heavy atom. The molecule has 2 atom stereocenters. The maximum atomic E-state index is 12.7. The lowest BCUT2D eigenvalue weighted by Gasteiger charge is -2.39. The number of ether oxygens (including phenoxy) is 2. The van der Waals surface area contributed by atoms with Crippen LogP contribution in [0.2, 0.25) is 18.1 Å². The van der Waals surface area contributed by atoms with Crippen LogP contribution >= 0.6 is 0 Å². The van der Waals surface area contributed by atoms with Crippen molar-refractivity contribution in [2.45, 2.75) is 64.1 Å². The molecule has 0 saturated heterocycles. The summed E-state index contributed by atoms with van der Waals surface area (Å²) in [6.07, 6.45) is 1.05. The normalized spacial score (nSPS) is 14.5. The van der Waals surface area contributed by atoms with Crippen LogP contribution in [-0.2, 0) is 20.6 Å². The van der Waals surface area contributed by atoms with Gasteiger partial charge in [0.25, 0.3) is 0 Å². The fourth-order valence-corrected chi connectivity index (χ4v) is 3.77. The van der Waals surface area contributed by atoms with Crippen LogP contribution in [0.5, 0.6) is 5.75 Å².